The summed E-state index contributed by atoms with van der Waals surface area (Å²) in [6, 6.07) is 12.2. The van der Waals surface area contributed by atoms with Crippen LogP contribution in [0.5, 0.6) is 0 Å². The SMILES string of the molecule is CCc1nc(-c2ccc(C)cc2C)sc1NC(=O)OCc1ccc2c(c1)nc(C)n2C. The Hall–Kier alpha value is -3.19. The van der Waals surface area contributed by atoms with Gasteiger partial charge in [-0.2, -0.15) is 0 Å². The van der Waals surface area contributed by atoms with Gasteiger partial charge in [-0.25, -0.2) is 14.8 Å². The van der Waals surface area contributed by atoms with Gasteiger partial charge >= 0.3 is 6.09 Å². The molecule has 0 radical (unpaired) electrons. The van der Waals surface area contributed by atoms with Crippen LogP contribution in [0.15, 0.2) is 36.4 Å². The number of amides is 1. The number of fused-ring (bicyclic) bond motifs is 1. The highest BCUT2D eigenvalue weighted by molar-refractivity contribution is 7.19. The van der Waals surface area contributed by atoms with Crippen molar-refractivity contribution in [2.75, 3.05) is 5.32 Å². The van der Waals surface area contributed by atoms with Crippen LogP contribution in [0.25, 0.3) is 21.6 Å². The van der Waals surface area contributed by atoms with Crippen LogP contribution in [0.2, 0.25) is 0 Å². The maximum atomic E-state index is 12.5. The zero-order valence-electron chi connectivity index (χ0n) is 18.4. The van der Waals surface area contributed by atoms with E-state index < -0.39 is 6.09 Å². The van der Waals surface area contributed by atoms with E-state index in [-0.39, 0.29) is 6.61 Å². The number of carbonyl (C=O) groups is 1. The van der Waals surface area contributed by atoms with Crippen molar-refractivity contribution in [3.8, 4) is 10.6 Å². The van der Waals surface area contributed by atoms with E-state index in [1.807, 2.05) is 43.7 Å². The Balaban J connectivity index is 1.46. The van der Waals surface area contributed by atoms with Gasteiger partial charge < -0.3 is 9.30 Å². The summed E-state index contributed by atoms with van der Waals surface area (Å²) in [5, 5.41) is 4.52. The molecular formula is C24H26N4O2S. The van der Waals surface area contributed by atoms with Crippen LogP contribution >= 0.6 is 11.3 Å². The van der Waals surface area contributed by atoms with Gasteiger partial charge in [0, 0.05) is 12.6 Å². The maximum absolute atomic E-state index is 12.5. The zero-order valence-corrected chi connectivity index (χ0v) is 19.3. The molecule has 2 aromatic heterocycles. The van der Waals surface area contributed by atoms with Crippen LogP contribution in [0.4, 0.5) is 9.80 Å². The van der Waals surface area contributed by atoms with Crippen LogP contribution in [-0.4, -0.2) is 20.6 Å². The number of carbonyl (C=O) groups excluding carboxylic acids is 1. The number of imidazole rings is 1. The molecule has 2 heterocycles. The third kappa shape index (κ3) is 4.32. The van der Waals surface area contributed by atoms with Gasteiger partial charge in [-0.05, 0) is 50.5 Å². The number of ether oxygens (including phenoxy) is 1. The average molecular weight is 435 g/mol. The topological polar surface area (TPSA) is 69.0 Å². The Bertz CT molecular complexity index is 1270. The number of hydrogen-bond donors (Lipinski definition) is 1. The minimum absolute atomic E-state index is 0.182. The van der Waals surface area contributed by atoms with Gasteiger partial charge in [0.1, 0.15) is 22.4 Å². The molecule has 1 amide bonds. The highest BCUT2D eigenvalue weighted by Gasteiger charge is 2.16. The highest BCUT2D eigenvalue weighted by atomic mass is 32.1. The Kier molecular flexibility index (Phi) is 5.78. The number of anilines is 1. The van der Waals surface area contributed by atoms with E-state index in [4.69, 9.17) is 9.72 Å². The molecule has 0 aliphatic carbocycles. The molecule has 160 valence electrons. The third-order valence-corrected chi connectivity index (χ3v) is 6.45. The summed E-state index contributed by atoms with van der Waals surface area (Å²) in [4.78, 5) is 21.7. The maximum Gasteiger partial charge on any atom is 0.412 e. The molecule has 0 spiro atoms. The summed E-state index contributed by atoms with van der Waals surface area (Å²) < 4.78 is 7.50. The van der Waals surface area contributed by atoms with Crippen LogP contribution in [-0.2, 0) is 24.8 Å². The molecule has 0 bridgehead atoms. The van der Waals surface area contributed by atoms with Crippen LogP contribution in [0, 0.1) is 20.8 Å². The number of thiazole rings is 1. The normalized spacial score (nSPS) is 11.1. The molecule has 7 heteroatoms. The van der Waals surface area contributed by atoms with Gasteiger partial charge in [0.15, 0.2) is 0 Å². The monoisotopic (exact) mass is 434 g/mol. The van der Waals surface area contributed by atoms with Gasteiger partial charge in [0.2, 0.25) is 0 Å². The second-order valence-corrected chi connectivity index (χ2v) is 8.71. The molecule has 2 aromatic carbocycles. The van der Waals surface area contributed by atoms with E-state index in [0.29, 0.717) is 0 Å². The van der Waals surface area contributed by atoms with Crippen molar-refractivity contribution in [1.29, 1.82) is 0 Å². The van der Waals surface area contributed by atoms with Crippen LogP contribution in [0.1, 0.15) is 35.1 Å². The van der Waals surface area contributed by atoms with Crippen molar-refractivity contribution in [1.82, 2.24) is 14.5 Å². The molecule has 31 heavy (non-hydrogen) atoms. The first-order valence-electron chi connectivity index (χ1n) is 10.3. The molecule has 0 saturated heterocycles. The molecule has 0 fully saturated rings. The third-order valence-electron chi connectivity index (χ3n) is 5.40. The van der Waals surface area contributed by atoms with Crippen LogP contribution < -0.4 is 5.32 Å². The average Bonchev–Trinajstić information content (AvgIpc) is 3.26. The van der Waals surface area contributed by atoms with E-state index in [2.05, 4.69) is 42.3 Å². The lowest BCUT2D eigenvalue weighted by Crippen LogP contribution is -2.13. The molecule has 0 saturated carbocycles. The number of nitrogens with one attached hydrogen (secondary N) is 1. The summed E-state index contributed by atoms with van der Waals surface area (Å²) >= 11 is 1.48. The number of aryl methyl sites for hydroxylation is 5. The second-order valence-electron chi connectivity index (χ2n) is 7.71. The van der Waals surface area contributed by atoms with Crippen molar-refractivity contribution in [3.63, 3.8) is 0 Å². The van der Waals surface area contributed by atoms with Crippen molar-refractivity contribution in [2.24, 2.45) is 7.05 Å². The van der Waals surface area contributed by atoms with E-state index in [0.717, 1.165) is 50.1 Å². The van der Waals surface area contributed by atoms with E-state index in [1.54, 1.807) is 0 Å². The smallest absolute Gasteiger partial charge is 0.412 e. The molecule has 1 N–H and O–H groups in total. The summed E-state index contributed by atoms with van der Waals surface area (Å²) in [6.45, 7) is 8.34. The lowest BCUT2D eigenvalue weighted by atomic mass is 10.1. The number of hydrogen-bond acceptors (Lipinski definition) is 5. The summed E-state index contributed by atoms with van der Waals surface area (Å²) in [7, 11) is 1.99. The minimum Gasteiger partial charge on any atom is -0.444 e. The Labute approximate surface area is 185 Å². The van der Waals surface area contributed by atoms with Gasteiger partial charge in [-0.15, -0.1) is 0 Å². The standard InChI is InChI=1S/C24H26N4O2S/c1-6-19-23(31-22(26-19)18-9-7-14(2)11-15(18)3)27-24(29)30-13-17-8-10-21-20(12-17)25-16(4)28(21)5/h7-12H,6,13H2,1-5H3,(H,27,29). The van der Waals surface area contributed by atoms with Crippen molar-refractivity contribution >= 4 is 33.5 Å². The minimum atomic E-state index is -0.483. The van der Waals surface area contributed by atoms with Gasteiger partial charge in [-0.1, -0.05) is 48.1 Å². The van der Waals surface area contributed by atoms with E-state index >= 15 is 0 Å². The number of benzene rings is 2. The molecule has 0 aliphatic heterocycles. The summed E-state index contributed by atoms with van der Waals surface area (Å²) in [5.41, 5.74) is 7.20. The summed E-state index contributed by atoms with van der Waals surface area (Å²) in [6.07, 6.45) is 0.245. The van der Waals surface area contributed by atoms with E-state index in [1.165, 1.54) is 22.5 Å². The van der Waals surface area contributed by atoms with Crippen molar-refractivity contribution < 1.29 is 9.53 Å². The molecule has 4 aromatic rings. The number of rotatable bonds is 5. The molecular weight excluding hydrogens is 408 g/mol. The first-order valence-corrected chi connectivity index (χ1v) is 11.1. The molecule has 6 nitrogen and oxygen atoms in total. The van der Waals surface area contributed by atoms with E-state index in [9.17, 15) is 4.79 Å². The Morgan fingerprint density at radius 3 is 2.68 bits per heavy atom. The fourth-order valence-corrected chi connectivity index (χ4v) is 4.72. The first kappa shape index (κ1) is 21.1. The molecule has 4 rings (SSSR count). The first-order chi connectivity index (χ1) is 14.9. The van der Waals surface area contributed by atoms with Crippen molar-refractivity contribution in [2.45, 2.75) is 40.7 Å². The predicted octanol–water partition coefficient (Wildman–Crippen LogP) is 5.93. The van der Waals surface area contributed by atoms with Crippen LogP contribution in [0.3, 0.4) is 0 Å². The Morgan fingerprint density at radius 1 is 1.13 bits per heavy atom. The predicted molar refractivity (Wildman–Crippen MR) is 126 cm³/mol. The fraction of sp³-hybridized carbons (Fsp3) is 0.292. The Morgan fingerprint density at radius 2 is 1.94 bits per heavy atom. The largest absolute Gasteiger partial charge is 0.444 e. The van der Waals surface area contributed by atoms with Gasteiger partial charge in [-0.3, -0.25) is 5.32 Å². The quantitative estimate of drug-likeness (QED) is 0.422. The second kappa shape index (κ2) is 8.51. The van der Waals surface area contributed by atoms with Gasteiger partial charge in [0.05, 0.1) is 16.7 Å². The number of aromatic nitrogens is 3. The highest BCUT2D eigenvalue weighted by Crippen LogP contribution is 2.34. The fourth-order valence-electron chi connectivity index (χ4n) is 3.59. The molecule has 0 unspecified atom stereocenters. The lowest BCUT2D eigenvalue weighted by molar-refractivity contribution is 0.155. The lowest BCUT2D eigenvalue weighted by Gasteiger charge is -2.07. The van der Waals surface area contributed by atoms with Gasteiger partial charge in [0.25, 0.3) is 0 Å². The molecule has 0 atom stereocenters. The number of nitrogens with zero attached hydrogens (tertiary/aromatic N) is 3. The zero-order chi connectivity index (χ0) is 22.1. The summed E-state index contributed by atoms with van der Waals surface area (Å²) in [5.74, 6) is 0.947. The molecule has 0 aliphatic rings. The van der Waals surface area contributed by atoms with Crippen molar-refractivity contribution in [3.05, 3.63) is 64.6 Å².